The third-order valence-electron chi connectivity index (χ3n) is 5.34. The Labute approximate surface area is 161 Å². The van der Waals surface area contributed by atoms with E-state index in [-0.39, 0.29) is 0 Å². The van der Waals surface area contributed by atoms with Gasteiger partial charge in [0.1, 0.15) is 17.2 Å². The molecule has 3 aromatic rings. The highest BCUT2D eigenvalue weighted by Gasteiger charge is 2.21. The van der Waals surface area contributed by atoms with Crippen LogP contribution in [0.1, 0.15) is 29.7 Å². The number of rotatable bonds is 5. The van der Waals surface area contributed by atoms with Crippen molar-refractivity contribution in [2.45, 2.75) is 25.9 Å². The Balaban J connectivity index is 1.48. The van der Waals surface area contributed by atoms with E-state index in [9.17, 15) is 0 Å². The Morgan fingerprint density at radius 3 is 2.33 bits per heavy atom. The Bertz CT molecular complexity index is 904. The molecule has 0 amide bonds. The van der Waals surface area contributed by atoms with Gasteiger partial charge in [-0.1, -0.05) is 36.4 Å². The van der Waals surface area contributed by atoms with Gasteiger partial charge in [-0.2, -0.15) is 0 Å². The van der Waals surface area contributed by atoms with Gasteiger partial charge in [0.2, 0.25) is 0 Å². The zero-order chi connectivity index (χ0) is 18.6. The van der Waals surface area contributed by atoms with E-state index < -0.39 is 0 Å². The minimum atomic E-state index is 0.345. The Kier molecular flexibility index (Phi) is 5.12. The van der Waals surface area contributed by atoms with Gasteiger partial charge in [-0.15, -0.1) is 0 Å². The third kappa shape index (κ3) is 3.99. The molecule has 1 atom stereocenters. The number of methoxy groups -OCH3 is 1. The summed E-state index contributed by atoms with van der Waals surface area (Å²) in [5, 5.41) is 0. The van der Waals surface area contributed by atoms with E-state index in [1.165, 1.54) is 16.7 Å². The van der Waals surface area contributed by atoms with E-state index in [0.29, 0.717) is 6.04 Å². The number of nitrogens with zero attached hydrogens (tertiary/aromatic N) is 1. The molecule has 4 rings (SSSR count). The molecular formula is C24H25NO2. The van der Waals surface area contributed by atoms with Crippen LogP contribution >= 0.6 is 0 Å². The standard InChI is InChI=1S/C24H25NO2/c1-18(25-15-14-19-6-3-4-7-21(19)17-25)20-8-5-9-24(16-20)27-23-12-10-22(26-2)11-13-23/h3-13,16,18H,14-15,17H2,1-2H3. The molecule has 0 saturated carbocycles. The summed E-state index contributed by atoms with van der Waals surface area (Å²) in [5.41, 5.74) is 4.21. The molecule has 1 unspecified atom stereocenters. The van der Waals surface area contributed by atoms with Crippen LogP contribution in [0.3, 0.4) is 0 Å². The summed E-state index contributed by atoms with van der Waals surface area (Å²) >= 11 is 0. The summed E-state index contributed by atoms with van der Waals surface area (Å²) in [7, 11) is 1.67. The molecule has 0 saturated heterocycles. The van der Waals surface area contributed by atoms with Gasteiger partial charge in [0.25, 0.3) is 0 Å². The highest BCUT2D eigenvalue weighted by atomic mass is 16.5. The number of hydrogen-bond acceptors (Lipinski definition) is 3. The van der Waals surface area contributed by atoms with Gasteiger partial charge in [0, 0.05) is 19.1 Å². The zero-order valence-electron chi connectivity index (χ0n) is 15.9. The topological polar surface area (TPSA) is 21.7 Å². The van der Waals surface area contributed by atoms with E-state index in [4.69, 9.17) is 9.47 Å². The van der Waals surface area contributed by atoms with Gasteiger partial charge in [-0.25, -0.2) is 0 Å². The SMILES string of the molecule is COc1ccc(Oc2cccc(C(C)N3CCc4ccccc4C3)c2)cc1. The van der Waals surface area contributed by atoms with Crippen molar-refractivity contribution in [1.82, 2.24) is 4.90 Å². The minimum Gasteiger partial charge on any atom is -0.497 e. The predicted molar refractivity (Wildman–Crippen MR) is 108 cm³/mol. The van der Waals surface area contributed by atoms with Gasteiger partial charge >= 0.3 is 0 Å². The number of hydrogen-bond donors (Lipinski definition) is 0. The van der Waals surface area contributed by atoms with Crippen LogP contribution in [0.2, 0.25) is 0 Å². The molecule has 0 aliphatic carbocycles. The minimum absolute atomic E-state index is 0.345. The third-order valence-corrected chi connectivity index (χ3v) is 5.34. The summed E-state index contributed by atoms with van der Waals surface area (Å²) in [6, 6.07) is 25.2. The van der Waals surface area contributed by atoms with Crippen LogP contribution in [-0.4, -0.2) is 18.6 Å². The maximum atomic E-state index is 6.04. The highest BCUT2D eigenvalue weighted by Crippen LogP contribution is 2.31. The molecule has 138 valence electrons. The highest BCUT2D eigenvalue weighted by molar-refractivity contribution is 5.38. The van der Waals surface area contributed by atoms with Crippen LogP contribution in [-0.2, 0) is 13.0 Å². The fourth-order valence-corrected chi connectivity index (χ4v) is 3.68. The summed E-state index contributed by atoms with van der Waals surface area (Å²) in [4.78, 5) is 2.54. The maximum absolute atomic E-state index is 6.04. The van der Waals surface area contributed by atoms with Crippen molar-refractivity contribution in [3.05, 3.63) is 89.5 Å². The van der Waals surface area contributed by atoms with Crippen molar-refractivity contribution in [1.29, 1.82) is 0 Å². The van der Waals surface area contributed by atoms with Crippen LogP contribution in [0.15, 0.2) is 72.8 Å². The Hall–Kier alpha value is -2.78. The molecule has 0 spiro atoms. The molecule has 0 radical (unpaired) electrons. The smallest absolute Gasteiger partial charge is 0.127 e. The van der Waals surface area contributed by atoms with Gasteiger partial charge in [-0.05, 0) is 66.4 Å². The average Bonchev–Trinajstić information content (AvgIpc) is 2.73. The fourth-order valence-electron chi connectivity index (χ4n) is 3.68. The lowest BCUT2D eigenvalue weighted by Gasteiger charge is -2.34. The summed E-state index contributed by atoms with van der Waals surface area (Å²) < 4.78 is 11.2. The monoisotopic (exact) mass is 359 g/mol. The second-order valence-electron chi connectivity index (χ2n) is 7.02. The molecule has 1 aliphatic heterocycles. The summed E-state index contributed by atoms with van der Waals surface area (Å²) in [6.45, 7) is 4.36. The molecule has 1 heterocycles. The van der Waals surface area contributed by atoms with Crippen molar-refractivity contribution in [2.75, 3.05) is 13.7 Å². The van der Waals surface area contributed by atoms with Gasteiger partial charge in [0.05, 0.1) is 7.11 Å². The van der Waals surface area contributed by atoms with Crippen LogP contribution in [0.25, 0.3) is 0 Å². The number of ether oxygens (including phenoxy) is 2. The normalized spacial score (nSPS) is 15.0. The van der Waals surface area contributed by atoms with E-state index >= 15 is 0 Å². The van der Waals surface area contributed by atoms with E-state index in [2.05, 4.69) is 54.3 Å². The lowest BCUT2D eigenvalue weighted by Crippen LogP contribution is -2.32. The van der Waals surface area contributed by atoms with E-state index in [1.807, 2.05) is 30.3 Å². The quantitative estimate of drug-likeness (QED) is 0.591. The van der Waals surface area contributed by atoms with Crippen LogP contribution in [0.5, 0.6) is 17.2 Å². The van der Waals surface area contributed by atoms with Crippen molar-refractivity contribution >= 4 is 0 Å². The van der Waals surface area contributed by atoms with Gasteiger partial charge in [-0.3, -0.25) is 4.90 Å². The Morgan fingerprint density at radius 2 is 1.56 bits per heavy atom. The Morgan fingerprint density at radius 1 is 0.815 bits per heavy atom. The molecule has 0 aromatic heterocycles. The summed E-state index contributed by atoms with van der Waals surface area (Å²) in [6.07, 6.45) is 1.11. The van der Waals surface area contributed by atoms with Crippen LogP contribution < -0.4 is 9.47 Å². The number of fused-ring (bicyclic) bond motifs is 1. The van der Waals surface area contributed by atoms with Crippen molar-refractivity contribution < 1.29 is 9.47 Å². The van der Waals surface area contributed by atoms with Crippen LogP contribution in [0, 0.1) is 0 Å². The fraction of sp³-hybridized carbons (Fsp3) is 0.250. The lowest BCUT2D eigenvalue weighted by molar-refractivity contribution is 0.192. The molecular weight excluding hydrogens is 334 g/mol. The van der Waals surface area contributed by atoms with Crippen LogP contribution in [0.4, 0.5) is 0 Å². The first-order valence-corrected chi connectivity index (χ1v) is 9.45. The van der Waals surface area contributed by atoms with Crippen molar-refractivity contribution in [3.8, 4) is 17.2 Å². The molecule has 3 nitrogen and oxygen atoms in total. The summed E-state index contributed by atoms with van der Waals surface area (Å²) in [5.74, 6) is 2.50. The predicted octanol–water partition coefficient (Wildman–Crippen LogP) is 5.61. The van der Waals surface area contributed by atoms with Crippen molar-refractivity contribution in [2.24, 2.45) is 0 Å². The average molecular weight is 359 g/mol. The molecule has 0 fully saturated rings. The molecule has 1 aliphatic rings. The first-order chi connectivity index (χ1) is 13.2. The van der Waals surface area contributed by atoms with Gasteiger partial charge < -0.3 is 9.47 Å². The first kappa shape index (κ1) is 17.6. The van der Waals surface area contributed by atoms with E-state index in [1.54, 1.807) is 7.11 Å². The zero-order valence-corrected chi connectivity index (χ0v) is 15.9. The molecule has 0 N–H and O–H groups in total. The first-order valence-electron chi connectivity index (χ1n) is 9.45. The second kappa shape index (κ2) is 7.85. The van der Waals surface area contributed by atoms with E-state index in [0.717, 1.165) is 36.8 Å². The largest absolute Gasteiger partial charge is 0.497 e. The van der Waals surface area contributed by atoms with Crippen molar-refractivity contribution in [3.63, 3.8) is 0 Å². The van der Waals surface area contributed by atoms with Gasteiger partial charge in [0.15, 0.2) is 0 Å². The second-order valence-corrected chi connectivity index (χ2v) is 7.02. The molecule has 27 heavy (non-hydrogen) atoms. The number of benzene rings is 3. The maximum Gasteiger partial charge on any atom is 0.127 e. The molecule has 3 heteroatoms. The lowest BCUT2D eigenvalue weighted by atomic mass is 9.97. The molecule has 3 aromatic carbocycles. The molecule has 0 bridgehead atoms.